The Kier molecular flexibility index (Phi) is 3.58. The number of halogens is 1. The van der Waals surface area contributed by atoms with Gasteiger partial charge < -0.3 is 0 Å². The molecule has 0 aromatic heterocycles. The van der Waals surface area contributed by atoms with Crippen molar-refractivity contribution in [3.63, 3.8) is 0 Å². The van der Waals surface area contributed by atoms with E-state index >= 15 is 0 Å². The zero-order chi connectivity index (χ0) is 13.3. The number of hydrogen-bond donors (Lipinski definition) is 0. The molecule has 0 aliphatic carbocycles. The van der Waals surface area contributed by atoms with Gasteiger partial charge in [-0.1, -0.05) is 22.3 Å². The molecule has 0 aliphatic heterocycles. The summed E-state index contributed by atoms with van der Waals surface area (Å²) < 4.78 is 25.4. The maximum absolute atomic E-state index is 12.9. The number of hydrogen-bond acceptors (Lipinski definition) is 1. The maximum Gasteiger partial charge on any atom is 0.415 e. The molecular formula is C15H15FOP+. The Morgan fingerprint density at radius 1 is 0.944 bits per heavy atom. The van der Waals surface area contributed by atoms with Gasteiger partial charge in [-0.15, -0.1) is 0 Å². The van der Waals surface area contributed by atoms with Crippen LogP contribution >= 0.6 is 7.80 Å². The largest absolute Gasteiger partial charge is 0.415 e. The molecule has 0 N–H and O–H groups in total. The van der Waals surface area contributed by atoms with Crippen LogP contribution in [0, 0.1) is 26.6 Å². The van der Waals surface area contributed by atoms with Crippen LogP contribution in [0.1, 0.15) is 16.7 Å². The van der Waals surface area contributed by atoms with E-state index in [0.29, 0.717) is 5.30 Å². The molecule has 92 valence electrons. The van der Waals surface area contributed by atoms with Gasteiger partial charge in [-0.3, -0.25) is 0 Å². The Labute approximate surface area is 107 Å². The highest BCUT2D eigenvalue weighted by Gasteiger charge is 2.27. The van der Waals surface area contributed by atoms with E-state index in [1.807, 2.05) is 32.9 Å². The van der Waals surface area contributed by atoms with Gasteiger partial charge in [0.05, 0.1) is 0 Å². The highest BCUT2D eigenvalue weighted by Crippen LogP contribution is 2.24. The van der Waals surface area contributed by atoms with Crippen LogP contribution in [-0.4, -0.2) is 0 Å². The molecule has 0 amide bonds. The maximum atomic E-state index is 12.9. The summed E-state index contributed by atoms with van der Waals surface area (Å²) in [6.45, 7) is 5.95. The molecule has 2 rings (SSSR count). The first-order chi connectivity index (χ1) is 8.49. The van der Waals surface area contributed by atoms with E-state index in [4.69, 9.17) is 0 Å². The van der Waals surface area contributed by atoms with Crippen molar-refractivity contribution in [1.29, 1.82) is 0 Å². The minimum absolute atomic E-state index is 0.306. The predicted molar refractivity (Wildman–Crippen MR) is 73.9 cm³/mol. The Balaban J connectivity index is 2.49. The fraction of sp³-hybridized carbons (Fsp3) is 0.200. The Bertz CT molecular complexity index is 579. The second-order valence-electron chi connectivity index (χ2n) is 4.52. The van der Waals surface area contributed by atoms with Crippen molar-refractivity contribution in [2.24, 2.45) is 0 Å². The van der Waals surface area contributed by atoms with E-state index in [1.165, 1.54) is 12.1 Å². The molecule has 2 aromatic carbocycles. The van der Waals surface area contributed by atoms with Crippen LogP contribution in [0.15, 0.2) is 36.4 Å². The molecule has 1 atom stereocenters. The van der Waals surface area contributed by atoms with Gasteiger partial charge in [0.25, 0.3) is 0 Å². The minimum Gasteiger partial charge on any atom is -0.207 e. The molecule has 0 heterocycles. The molecule has 18 heavy (non-hydrogen) atoms. The first kappa shape index (κ1) is 12.9. The van der Waals surface area contributed by atoms with Crippen LogP contribution in [0.4, 0.5) is 4.39 Å². The van der Waals surface area contributed by atoms with Crippen molar-refractivity contribution in [2.75, 3.05) is 0 Å². The lowest BCUT2D eigenvalue weighted by atomic mass is 10.1. The first-order valence-corrected chi connectivity index (χ1v) is 7.05. The Morgan fingerprint density at radius 3 is 1.94 bits per heavy atom. The molecule has 0 bridgehead atoms. The van der Waals surface area contributed by atoms with Crippen LogP contribution in [0.3, 0.4) is 0 Å². The third kappa shape index (κ3) is 2.49. The van der Waals surface area contributed by atoms with Gasteiger partial charge in [-0.2, -0.15) is 0 Å². The van der Waals surface area contributed by atoms with Crippen molar-refractivity contribution in [2.45, 2.75) is 20.8 Å². The van der Waals surface area contributed by atoms with Crippen LogP contribution < -0.4 is 10.6 Å². The third-order valence-corrected chi connectivity index (χ3v) is 4.78. The highest BCUT2D eigenvalue weighted by molar-refractivity contribution is 7.61. The summed E-state index contributed by atoms with van der Waals surface area (Å²) >= 11 is 0. The van der Waals surface area contributed by atoms with Gasteiger partial charge in [0.1, 0.15) is 5.82 Å². The summed E-state index contributed by atoms with van der Waals surface area (Å²) in [4.78, 5) is 0. The fourth-order valence-electron chi connectivity index (χ4n) is 2.20. The smallest absolute Gasteiger partial charge is 0.207 e. The van der Waals surface area contributed by atoms with Gasteiger partial charge in [-0.25, -0.2) is 4.39 Å². The van der Waals surface area contributed by atoms with E-state index in [2.05, 4.69) is 0 Å². The molecule has 2 aromatic rings. The normalized spacial score (nSPS) is 11.4. The zero-order valence-corrected chi connectivity index (χ0v) is 11.6. The summed E-state index contributed by atoms with van der Waals surface area (Å²) in [7, 11) is -1.65. The summed E-state index contributed by atoms with van der Waals surface area (Å²) in [6, 6.07) is 9.93. The molecule has 0 spiro atoms. The van der Waals surface area contributed by atoms with Crippen molar-refractivity contribution >= 4 is 18.4 Å². The van der Waals surface area contributed by atoms with Gasteiger partial charge in [0.2, 0.25) is 5.30 Å². The molecule has 3 heteroatoms. The second kappa shape index (κ2) is 4.99. The van der Waals surface area contributed by atoms with Crippen LogP contribution in [0.2, 0.25) is 0 Å². The average Bonchev–Trinajstić information content (AvgIpc) is 2.28. The molecule has 0 aliphatic rings. The van der Waals surface area contributed by atoms with Crippen molar-refractivity contribution < 1.29 is 8.96 Å². The topological polar surface area (TPSA) is 17.1 Å². The molecule has 1 nitrogen and oxygen atoms in total. The predicted octanol–water partition coefficient (Wildman–Crippen LogP) is 3.53. The van der Waals surface area contributed by atoms with E-state index in [1.54, 1.807) is 12.1 Å². The van der Waals surface area contributed by atoms with Crippen LogP contribution in [0.5, 0.6) is 0 Å². The summed E-state index contributed by atoms with van der Waals surface area (Å²) in [5.74, 6) is -0.306. The Morgan fingerprint density at radius 2 is 1.44 bits per heavy atom. The van der Waals surface area contributed by atoms with E-state index < -0.39 is 7.80 Å². The summed E-state index contributed by atoms with van der Waals surface area (Å²) in [5, 5.41) is 1.53. The van der Waals surface area contributed by atoms with E-state index in [9.17, 15) is 8.96 Å². The van der Waals surface area contributed by atoms with Gasteiger partial charge in [0.15, 0.2) is 5.30 Å². The SMILES string of the molecule is Cc1cc(C)c([P+](=O)c2ccc(F)cc2)c(C)c1. The van der Waals surface area contributed by atoms with Gasteiger partial charge in [-0.05, 0) is 45.0 Å². The summed E-state index contributed by atoms with van der Waals surface area (Å²) in [5.41, 5.74) is 3.21. The van der Waals surface area contributed by atoms with Crippen molar-refractivity contribution in [3.8, 4) is 0 Å². The fourth-order valence-corrected chi connectivity index (χ4v) is 3.65. The lowest BCUT2D eigenvalue weighted by molar-refractivity contribution is 0.598. The van der Waals surface area contributed by atoms with Crippen molar-refractivity contribution in [1.82, 2.24) is 0 Å². The lowest BCUT2D eigenvalue weighted by Gasteiger charge is -2.02. The highest BCUT2D eigenvalue weighted by atomic mass is 31.1. The first-order valence-electron chi connectivity index (χ1n) is 5.79. The minimum atomic E-state index is -1.65. The van der Waals surface area contributed by atoms with Crippen LogP contribution in [-0.2, 0) is 4.57 Å². The molecule has 0 saturated carbocycles. The Hall–Kier alpha value is -1.53. The molecular weight excluding hydrogens is 246 g/mol. The molecule has 0 radical (unpaired) electrons. The summed E-state index contributed by atoms with van der Waals surface area (Å²) in [6.07, 6.45) is 0. The quantitative estimate of drug-likeness (QED) is 0.756. The van der Waals surface area contributed by atoms with Crippen LogP contribution in [0.25, 0.3) is 0 Å². The van der Waals surface area contributed by atoms with Gasteiger partial charge >= 0.3 is 7.80 Å². The zero-order valence-electron chi connectivity index (χ0n) is 10.7. The van der Waals surface area contributed by atoms with E-state index in [0.717, 1.165) is 22.0 Å². The number of rotatable bonds is 2. The second-order valence-corrected chi connectivity index (χ2v) is 6.07. The lowest BCUT2D eigenvalue weighted by Crippen LogP contribution is -2.13. The van der Waals surface area contributed by atoms with Gasteiger partial charge in [0, 0.05) is 11.1 Å². The average molecular weight is 261 g/mol. The third-order valence-electron chi connectivity index (χ3n) is 2.90. The molecule has 1 unspecified atom stereocenters. The number of aryl methyl sites for hydroxylation is 3. The molecule has 0 saturated heterocycles. The van der Waals surface area contributed by atoms with E-state index in [-0.39, 0.29) is 5.82 Å². The van der Waals surface area contributed by atoms with Crippen molar-refractivity contribution in [3.05, 3.63) is 58.9 Å². The number of benzene rings is 2. The molecule has 0 fully saturated rings. The monoisotopic (exact) mass is 261 g/mol. The standard InChI is InChI=1S/C15H15FOP/c1-10-8-11(2)15(12(3)9-10)18(17)14-6-4-13(16)5-7-14/h4-9H,1-3H3/q+1.